The molecule has 0 aliphatic carbocycles. The van der Waals surface area contributed by atoms with E-state index >= 15 is 0 Å². The van der Waals surface area contributed by atoms with E-state index in [4.69, 9.17) is 9.47 Å². The summed E-state index contributed by atoms with van der Waals surface area (Å²) >= 11 is 0. The second kappa shape index (κ2) is 12.7. The second-order valence-electron chi connectivity index (χ2n) is 6.71. The standard InChI is InChI=1S/C23H27N3O6/c1-4-31-20-13-17(7-10-19(20)32-15-23(29)30-3)14-24-26-22(28)12-11-21(27)25-18-8-5-16(2)6-9-18/h5-10,13-14H,4,11-12,15H2,1-3H3,(H,25,27)(H,26,28). The summed E-state index contributed by atoms with van der Waals surface area (Å²) in [5, 5.41) is 6.64. The maximum atomic E-state index is 12.0. The van der Waals surface area contributed by atoms with Crippen molar-refractivity contribution in [1.29, 1.82) is 0 Å². The van der Waals surface area contributed by atoms with Gasteiger partial charge in [0.2, 0.25) is 11.8 Å². The molecule has 0 fully saturated rings. The van der Waals surface area contributed by atoms with Crippen LogP contribution >= 0.6 is 0 Å². The molecule has 170 valence electrons. The van der Waals surface area contributed by atoms with Crippen molar-refractivity contribution >= 4 is 29.7 Å². The number of rotatable bonds is 11. The first-order chi connectivity index (χ1) is 15.4. The van der Waals surface area contributed by atoms with Crippen LogP contribution in [0.15, 0.2) is 47.6 Å². The monoisotopic (exact) mass is 441 g/mol. The van der Waals surface area contributed by atoms with Crippen LogP contribution in [0.25, 0.3) is 0 Å². The van der Waals surface area contributed by atoms with E-state index in [1.165, 1.54) is 13.3 Å². The highest BCUT2D eigenvalue weighted by Crippen LogP contribution is 2.28. The van der Waals surface area contributed by atoms with Crippen LogP contribution in [-0.2, 0) is 19.1 Å². The minimum absolute atomic E-state index is 0.000460. The largest absolute Gasteiger partial charge is 0.490 e. The molecule has 2 amide bonds. The topological polar surface area (TPSA) is 115 Å². The van der Waals surface area contributed by atoms with Gasteiger partial charge in [-0.05, 0) is 49.7 Å². The summed E-state index contributed by atoms with van der Waals surface area (Å²) in [4.78, 5) is 35.2. The first-order valence-electron chi connectivity index (χ1n) is 10.1. The van der Waals surface area contributed by atoms with Crippen molar-refractivity contribution in [2.75, 3.05) is 25.6 Å². The van der Waals surface area contributed by atoms with Crippen LogP contribution in [0.1, 0.15) is 30.9 Å². The number of nitrogens with zero attached hydrogens (tertiary/aromatic N) is 1. The molecule has 0 atom stereocenters. The van der Waals surface area contributed by atoms with E-state index in [1.54, 1.807) is 30.3 Å². The third-order valence-electron chi connectivity index (χ3n) is 4.16. The fourth-order valence-electron chi connectivity index (χ4n) is 2.51. The number of ether oxygens (including phenoxy) is 3. The van der Waals surface area contributed by atoms with Crippen molar-refractivity contribution in [3.05, 3.63) is 53.6 Å². The van der Waals surface area contributed by atoms with Crippen molar-refractivity contribution in [3.8, 4) is 11.5 Å². The van der Waals surface area contributed by atoms with Gasteiger partial charge in [-0.25, -0.2) is 10.2 Å². The summed E-state index contributed by atoms with van der Waals surface area (Å²) in [6.07, 6.45) is 1.48. The lowest BCUT2D eigenvalue weighted by molar-refractivity contribution is -0.143. The van der Waals surface area contributed by atoms with E-state index in [2.05, 4.69) is 20.6 Å². The van der Waals surface area contributed by atoms with Gasteiger partial charge in [-0.15, -0.1) is 0 Å². The van der Waals surface area contributed by atoms with Gasteiger partial charge >= 0.3 is 5.97 Å². The van der Waals surface area contributed by atoms with E-state index in [0.717, 1.165) is 5.56 Å². The predicted molar refractivity (Wildman–Crippen MR) is 120 cm³/mol. The molecular formula is C23H27N3O6. The zero-order chi connectivity index (χ0) is 23.3. The van der Waals surface area contributed by atoms with Crippen molar-refractivity contribution in [2.24, 2.45) is 5.10 Å². The molecule has 9 heteroatoms. The smallest absolute Gasteiger partial charge is 0.343 e. The second-order valence-corrected chi connectivity index (χ2v) is 6.71. The number of carbonyl (C=O) groups is 3. The Morgan fingerprint density at radius 3 is 2.38 bits per heavy atom. The number of anilines is 1. The Morgan fingerprint density at radius 1 is 0.969 bits per heavy atom. The number of methoxy groups -OCH3 is 1. The third-order valence-corrected chi connectivity index (χ3v) is 4.16. The van der Waals surface area contributed by atoms with Gasteiger partial charge in [0.15, 0.2) is 18.1 Å². The molecule has 0 spiro atoms. The van der Waals surface area contributed by atoms with E-state index in [0.29, 0.717) is 29.4 Å². The number of amides is 2. The van der Waals surface area contributed by atoms with Crippen LogP contribution in [0, 0.1) is 6.92 Å². The van der Waals surface area contributed by atoms with Crippen LogP contribution < -0.4 is 20.2 Å². The maximum absolute atomic E-state index is 12.0. The molecule has 0 bridgehead atoms. The molecule has 0 saturated heterocycles. The average molecular weight is 441 g/mol. The number of hydrogen-bond acceptors (Lipinski definition) is 7. The van der Waals surface area contributed by atoms with Gasteiger partial charge < -0.3 is 19.5 Å². The Morgan fingerprint density at radius 2 is 1.69 bits per heavy atom. The number of benzene rings is 2. The van der Waals surface area contributed by atoms with Crippen molar-refractivity contribution in [2.45, 2.75) is 26.7 Å². The molecule has 0 saturated carbocycles. The Kier molecular flexibility index (Phi) is 9.70. The van der Waals surface area contributed by atoms with Gasteiger partial charge in [0.25, 0.3) is 0 Å². The quantitative estimate of drug-likeness (QED) is 0.315. The van der Waals surface area contributed by atoms with Crippen molar-refractivity contribution in [3.63, 3.8) is 0 Å². The Labute approximate surface area is 186 Å². The highest BCUT2D eigenvalue weighted by molar-refractivity contribution is 5.93. The molecular weight excluding hydrogens is 414 g/mol. The summed E-state index contributed by atoms with van der Waals surface area (Å²) < 4.78 is 15.5. The molecule has 2 aromatic carbocycles. The normalized spacial score (nSPS) is 10.5. The molecule has 0 heterocycles. The van der Waals surface area contributed by atoms with Gasteiger partial charge in [0, 0.05) is 18.5 Å². The number of aryl methyl sites for hydroxylation is 1. The number of hydrazone groups is 1. The van der Waals surface area contributed by atoms with Gasteiger partial charge in [-0.1, -0.05) is 17.7 Å². The van der Waals surface area contributed by atoms with Crippen LogP contribution in [-0.4, -0.2) is 44.3 Å². The van der Waals surface area contributed by atoms with E-state index < -0.39 is 5.97 Å². The molecule has 32 heavy (non-hydrogen) atoms. The number of carbonyl (C=O) groups excluding carboxylic acids is 3. The molecule has 2 aromatic rings. The molecule has 2 rings (SSSR count). The van der Waals surface area contributed by atoms with Crippen LogP contribution in [0.2, 0.25) is 0 Å². The lowest BCUT2D eigenvalue weighted by Crippen LogP contribution is -2.20. The van der Waals surface area contributed by atoms with E-state index in [9.17, 15) is 14.4 Å². The number of hydrogen-bond donors (Lipinski definition) is 2. The molecule has 0 radical (unpaired) electrons. The molecule has 0 aliphatic rings. The van der Waals surface area contributed by atoms with E-state index in [1.807, 2.05) is 26.0 Å². The molecule has 0 unspecified atom stereocenters. The maximum Gasteiger partial charge on any atom is 0.343 e. The summed E-state index contributed by atoms with van der Waals surface area (Å²) in [5.74, 6) is -0.328. The zero-order valence-corrected chi connectivity index (χ0v) is 18.3. The Bertz CT molecular complexity index is 957. The lowest BCUT2D eigenvalue weighted by atomic mass is 10.2. The molecule has 2 N–H and O–H groups in total. The van der Waals surface area contributed by atoms with Crippen molar-refractivity contribution in [1.82, 2.24) is 5.43 Å². The van der Waals surface area contributed by atoms with Crippen LogP contribution in [0.5, 0.6) is 11.5 Å². The average Bonchev–Trinajstić information content (AvgIpc) is 2.78. The van der Waals surface area contributed by atoms with Gasteiger partial charge in [0.05, 0.1) is 19.9 Å². The van der Waals surface area contributed by atoms with Gasteiger partial charge in [0.1, 0.15) is 0 Å². The minimum atomic E-state index is -0.506. The predicted octanol–water partition coefficient (Wildman–Crippen LogP) is 2.81. The number of esters is 1. The first-order valence-corrected chi connectivity index (χ1v) is 10.1. The SMILES string of the molecule is CCOc1cc(C=NNC(=O)CCC(=O)Nc2ccc(C)cc2)ccc1OCC(=O)OC. The zero-order valence-electron chi connectivity index (χ0n) is 18.3. The highest BCUT2D eigenvalue weighted by atomic mass is 16.6. The van der Waals surface area contributed by atoms with Crippen LogP contribution in [0.4, 0.5) is 5.69 Å². The van der Waals surface area contributed by atoms with E-state index in [-0.39, 0.29) is 31.3 Å². The van der Waals surface area contributed by atoms with Crippen LogP contribution in [0.3, 0.4) is 0 Å². The summed E-state index contributed by atoms with van der Waals surface area (Å²) in [6.45, 7) is 3.94. The summed E-state index contributed by atoms with van der Waals surface area (Å²) in [5.41, 5.74) is 4.82. The minimum Gasteiger partial charge on any atom is -0.490 e. The Balaban J connectivity index is 1.83. The first kappa shape index (κ1) is 24.4. The lowest BCUT2D eigenvalue weighted by Gasteiger charge is -2.11. The third kappa shape index (κ3) is 8.47. The fraction of sp³-hybridized carbons (Fsp3) is 0.304. The van der Waals surface area contributed by atoms with Gasteiger partial charge in [-0.2, -0.15) is 5.10 Å². The summed E-state index contributed by atoms with van der Waals surface area (Å²) in [6, 6.07) is 12.4. The molecule has 0 aromatic heterocycles. The Hall–Kier alpha value is -3.88. The summed E-state index contributed by atoms with van der Waals surface area (Å²) in [7, 11) is 1.28. The van der Waals surface area contributed by atoms with Crippen molar-refractivity contribution < 1.29 is 28.6 Å². The molecule has 9 nitrogen and oxygen atoms in total. The van der Waals surface area contributed by atoms with Gasteiger partial charge in [-0.3, -0.25) is 9.59 Å². The molecule has 0 aliphatic heterocycles. The number of nitrogens with one attached hydrogen (secondary N) is 2. The fourth-order valence-corrected chi connectivity index (χ4v) is 2.51. The highest BCUT2D eigenvalue weighted by Gasteiger charge is 2.09.